The van der Waals surface area contributed by atoms with Gasteiger partial charge in [-0.3, -0.25) is 9.59 Å². The Balaban J connectivity index is 1.71. The molecule has 0 unspecified atom stereocenters. The Labute approximate surface area is 136 Å². The second kappa shape index (κ2) is 6.88. The highest BCUT2D eigenvalue weighted by molar-refractivity contribution is 7.13. The third-order valence-corrected chi connectivity index (χ3v) is 4.22. The molecule has 0 saturated carbocycles. The van der Waals surface area contributed by atoms with Crippen LogP contribution in [0.1, 0.15) is 5.69 Å². The van der Waals surface area contributed by atoms with Crippen LogP contribution in [-0.2, 0) is 16.1 Å². The number of nitrogens with zero attached hydrogens (tertiary/aromatic N) is 4. The highest BCUT2D eigenvalue weighted by Gasteiger charge is 2.15. The monoisotopic (exact) mass is 335 g/mol. The molecule has 0 spiro atoms. The highest BCUT2D eigenvalue weighted by atomic mass is 32.1. The summed E-state index contributed by atoms with van der Waals surface area (Å²) < 4.78 is 6.47. The molecule has 1 N–H and O–H groups in total. The van der Waals surface area contributed by atoms with Gasteiger partial charge in [-0.2, -0.15) is 5.10 Å². The number of carbonyl (C=O) groups excluding carboxylic acids is 1. The number of aryl methyl sites for hydroxylation is 1. The van der Waals surface area contributed by atoms with E-state index in [9.17, 15) is 9.59 Å². The minimum atomic E-state index is -0.326. The van der Waals surface area contributed by atoms with Crippen molar-refractivity contribution in [1.29, 1.82) is 0 Å². The van der Waals surface area contributed by atoms with Crippen molar-refractivity contribution in [1.82, 2.24) is 14.8 Å². The van der Waals surface area contributed by atoms with Crippen LogP contribution in [0.4, 0.5) is 10.9 Å². The molecule has 0 bridgehead atoms. The van der Waals surface area contributed by atoms with Gasteiger partial charge in [0.25, 0.3) is 5.56 Å². The van der Waals surface area contributed by atoms with Gasteiger partial charge in [0.2, 0.25) is 5.91 Å². The quantitative estimate of drug-likeness (QED) is 0.874. The zero-order chi connectivity index (χ0) is 16.2. The maximum atomic E-state index is 12.1. The van der Waals surface area contributed by atoms with E-state index in [4.69, 9.17) is 4.74 Å². The Kier molecular flexibility index (Phi) is 4.68. The number of rotatable bonds is 4. The maximum absolute atomic E-state index is 12.1. The third kappa shape index (κ3) is 3.93. The lowest BCUT2D eigenvalue weighted by Crippen LogP contribution is -2.38. The average Bonchev–Trinajstić information content (AvgIpc) is 2.95. The Morgan fingerprint density at radius 2 is 2.17 bits per heavy atom. The van der Waals surface area contributed by atoms with E-state index in [1.165, 1.54) is 22.1 Å². The van der Waals surface area contributed by atoms with Crippen LogP contribution >= 0.6 is 11.3 Å². The van der Waals surface area contributed by atoms with Gasteiger partial charge in [-0.1, -0.05) is 0 Å². The normalized spacial score (nSPS) is 14.7. The number of ether oxygens (including phenoxy) is 1. The Morgan fingerprint density at radius 3 is 2.87 bits per heavy atom. The second-order valence-corrected chi connectivity index (χ2v) is 5.99. The lowest BCUT2D eigenvalue weighted by Gasteiger charge is -2.27. The fraction of sp³-hybridized carbons (Fsp3) is 0.429. The molecular weight excluding hydrogens is 318 g/mol. The predicted octanol–water partition coefficient (Wildman–Crippen LogP) is 0.484. The molecule has 0 aliphatic carbocycles. The molecule has 2 aromatic rings. The molecule has 1 saturated heterocycles. The van der Waals surface area contributed by atoms with E-state index in [-0.39, 0.29) is 18.0 Å². The van der Waals surface area contributed by atoms with Crippen LogP contribution in [0.15, 0.2) is 22.3 Å². The summed E-state index contributed by atoms with van der Waals surface area (Å²) in [6, 6.07) is 3.10. The largest absolute Gasteiger partial charge is 0.378 e. The van der Waals surface area contributed by atoms with Gasteiger partial charge < -0.3 is 15.0 Å². The third-order valence-electron chi connectivity index (χ3n) is 3.35. The lowest BCUT2D eigenvalue weighted by atomic mass is 10.4. The van der Waals surface area contributed by atoms with E-state index in [0.717, 1.165) is 18.8 Å². The molecular formula is C14H17N5O3S. The summed E-state index contributed by atoms with van der Waals surface area (Å²) in [5.74, 6) is 0.346. The van der Waals surface area contributed by atoms with Crippen molar-refractivity contribution in [2.24, 2.45) is 0 Å². The smallest absolute Gasteiger partial charge is 0.267 e. The SMILES string of the molecule is Cc1csc(NC(=O)Cn2nc(N3CCOCC3)ccc2=O)n1. The molecule has 1 aliphatic rings. The van der Waals surface area contributed by atoms with Crippen molar-refractivity contribution in [2.75, 3.05) is 36.5 Å². The molecule has 3 rings (SSSR count). The molecule has 0 atom stereocenters. The number of anilines is 2. The van der Waals surface area contributed by atoms with Crippen molar-refractivity contribution in [3.05, 3.63) is 33.6 Å². The van der Waals surface area contributed by atoms with Crippen LogP contribution < -0.4 is 15.8 Å². The molecule has 122 valence electrons. The summed E-state index contributed by atoms with van der Waals surface area (Å²) in [5, 5.41) is 9.32. The van der Waals surface area contributed by atoms with Gasteiger partial charge in [0.15, 0.2) is 5.13 Å². The number of aromatic nitrogens is 3. The molecule has 1 aliphatic heterocycles. The van der Waals surface area contributed by atoms with E-state index in [0.29, 0.717) is 24.2 Å². The number of morpholine rings is 1. The molecule has 8 nitrogen and oxygen atoms in total. The Bertz CT molecular complexity index is 751. The van der Waals surface area contributed by atoms with Gasteiger partial charge in [-0.25, -0.2) is 9.67 Å². The van der Waals surface area contributed by atoms with E-state index >= 15 is 0 Å². The van der Waals surface area contributed by atoms with E-state index < -0.39 is 0 Å². The number of nitrogens with one attached hydrogen (secondary N) is 1. The molecule has 3 heterocycles. The van der Waals surface area contributed by atoms with Crippen molar-refractivity contribution < 1.29 is 9.53 Å². The van der Waals surface area contributed by atoms with Gasteiger partial charge >= 0.3 is 0 Å². The first kappa shape index (κ1) is 15.6. The minimum absolute atomic E-state index is 0.143. The standard InChI is InChI=1S/C14H17N5O3S/c1-10-9-23-14(15-10)16-12(20)8-19-13(21)3-2-11(17-19)18-4-6-22-7-5-18/h2-3,9H,4-8H2,1H3,(H,15,16,20). The number of thiazole rings is 1. The van der Waals surface area contributed by atoms with E-state index in [1.54, 1.807) is 6.07 Å². The summed E-state index contributed by atoms with van der Waals surface area (Å²) >= 11 is 1.35. The number of carbonyl (C=O) groups is 1. The van der Waals surface area contributed by atoms with Crippen LogP contribution in [-0.4, -0.2) is 47.0 Å². The fourth-order valence-electron chi connectivity index (χ4n) is 2.22. The second-order valence-electron chi connectivity index (χ2n) is 5.13. The van der Waals surface area contributed by atoms with Gasteiger partial charge in [-0.05, 0) is 13.0 Å². The summed E-state index contributed by atoms with van der Waals surface area (Å²) in [7, 11) is 0. The molecule has 0 aromatic carbocycles. The summed E-state index contributed by atoms with van der Waals surface area (Å²) in [6.07, 6.45) is 0. The topological polar surface area (TPSA) is 89.4 Å². The summed E-state index contributed by atoms with van der Waals surface area (Å²) in [5.41, 5.74) is 0.530. The van der Waals surface area contributed by atoms with Crippen LogP contribution in [0.25, 0.3) is 0 Å². The summed E-state index contributed by atoms with van der Waals surface area (Å²) in [6.45, 7) is 4.40. The van der Waals surface area contributed by atoms with Crippen molar-refractivity contribution in [3.8, 4) is 0 Å². The number of hydrogen-bond donors (Lipinski definition) is 1. The van der Waals surface area contributed by atoms with E-state index in [1.807, 2.05) is 17.2 Å². The van der Waals surface area contributed by atoms with Gasteiger partial charge in [-0.15, -0.1) is 11.3 Å². The van der Waals surface area contributed by atoms with Crippen LogP contribution in [0.2, 0.25) is 0 Å². The van der Waals surface area contributed by atoms with Gasteiger partial charge in [0, 0.05) is 24.5 Å². The predicted molar refractivity (Wildman–Crippen MR) is 87.0 cm³/mol. The number of amides is 1. The maximum Gasteiger partial charge on any atom is 0.267 e. The Hall–Kier alpha value is -2.26. The highest BCUT2D eigenvalue weighted by Crippen LogP contribution is 2.14. The zero-order valence-electron chi connectivity index (χ0n) is 12.7. The first-order valence-electron chi connectivity index (χ1n) is 7.25. The zero-order valence-corrected chi connectivity index (χ0v) is 13.5. The molecule has 2 aromatic heterocycles. The fourth-order valence-corrected chi connectivity index (χ4v) is 2.92. The summed E-state index contributed by atoms with van der Waals surface area (Å²) in [4.78, 5) is 30.2. The molecule has 0 radical (unpaired) electrons. The van der Waals surface area contributed by atoms with Gasteiger partial charge in [0.1, 0.15) is 12.4 Å². The minimum Gasteiger partial charge on any atom is -0.378 e. The molecule has 9 heteroatoms. The van der Waals surface area contributed by atoms with Crippen molar-refractivity contribution in [3.63, 3.8) is 0 Å². The lowest BCUT2D eigenvalue weighted by molar-refractivity contribution is -0.117. The first-order chi connectivity index (χ1) is 11.1. The molecule has 1 amide bonds. The van der Waals surface area contributed by atoms with Crippen molar-refractivity contribution >= 4 is 28.2 Å². The van der Waals surface area contributed by atoms with Gasteiger partial charge in [0.05, 0.1) is 18.9 Å². The average molecular weight is 335 g/mol. The van der Waals surface area contributed by atoms with Crippen LogP contribution in [0.5, 0.6) is 0 Å². The van der Waals surface area contributed by atoms with Crippen molar-refractivity contribution in [2.45, 2.75) is 13.5 Å². The molecule has 1 fully saturated rings. The Morgan fingerprint density at radius 1 is 1.39 bits per heavy atom. The van der Waals surface area contributed by atoms with Crippen LogP contribution in [0.3, 0.4) is 0 Å². The van der Waals surface area contributed by atoms with E-state index in [2.05, 4.69) is 15.4 Å². The first-order valence-corrected chi connectivity index (χ1v) is 8.12. The molecule has 23 heavy (non-hydrogen) atoms. The van der Waals surface area contributed by atoms with Crippen LogP contribution in [0, 0.1) is 6.92 Å². The number of hydrogen-bond acceptors (Lipinski definition) is 7.